The van der Waals surface area contributed by atoms with Gasteiger partial charge in [0.15, 0.2) is 11.5 Å². The highest BCUT2D eigenvalue weighted by molar-refractivity contribution is 5.43. The maximum Gasteiger partial charge on any atom is 0.161 e. The Morgan fingerprint density at radius 1 is 1.11 bits per heavy atom. The highest BCUT2D eigenvalue weighted by Gasteiger charge is 2.10. The van der Waals surface area contributed by atoms with E-state index >= 15 is 0 Å². The third-order valence-corrected chi connectivity index (χ3v) is 3.21. The number of ether oxygens (including phenoxy) is 2. The first-order valence-corrected chi connectivity index (χ1v) is 7.21. The molecule has 1 N–H and O–H groups in total. The molecule has 0 aliphatic rings. The molecule has 0 aliphatic heterocycles. The highest BCUT2D eigenvalue weighted by Crippen LogP contribution is 2.31. The van der Waals surface area contributed by atoms with Gasteiger partial charge in [-0.3, -0.25) is 0 Å². The van der Waals surface area contributed by atoms with E-state index < -0.39 is 6.10 Å². The SMILES string of the molecule is CCCCCCOc1ccc(C(O)CC)cc1OC. The van der Waals surface area contributed by atoms with E-state index in [4.69, 9.17) is 9.47 Å². The number of hydrogen-bond acceptors (Lipinski definition) is 3. The van der Waals surface area contributed by atoms with Gasteiger partial charge < -0.3 is 14.6 Å². The number of rotatable bonds is 9. The lowest BCUT2D eigenvalue weighted by molar-refractivity contribution is 0.173. The van der Waals surface area contributed by atoms with Crippen LogP contribution in [-0.4, -0.2) is 18.8 Å². The summed E-state index contributed by atoms with van der Waals surface area (Å²) in [5.41, 5.74) is 0.873. The van der Waals surface area contributed by atoms with Crippen molar-refractivity contribution in [1.82, 2.24) is 0 Å². The molecule has 0 heterocycles. The summed E-state index contributed by atoms with van der Waals surface area (Å²) in [6.07, 6.45) is 5.00. The van der Waals surface area contributed by atoms with Crippen LogP contribution in [0.2, 0.25) is 0 Å². The third kappa shape index (κ3) is 5.11. The molecule has 0 saturated carbocycles. The molecule has 108 valence electrons. The smallest absolute Gasteiger partial charge is 0.161 e. The largest absolute Gasteiger partial charge is 0.493 e. The number of methoxy groups -OCH3 is 1. The first-order valence-electron chi connectivity index (χ1n) is 7.21. The molecule has 3 nitrogen and oxygen atoms in total. The number of hydrogen-bond donors (Lipinski definition) is 1. The van der Waals surface area contributed by atoms with E-state index in [0.29, 0.717) is 18.8 Å². The molecule has 0 aliphatic carbocycles. The molecule has 0 saturated heterocycles. The molecule has 1 unspecified atom stereocenters. The number of aliphatic hydroxyl groups is 1. The molecule has 0 amide bonds. The fourth-order valence-corrected chi connectivity index (χ4v) is 1.96. The number of benzene rings is 1. The van der Waals surface area contributed by atoms with Gasteiger partial charge in [0.1, 0.15) is 0 Å². The summed E-state index contributed by atoms with van der Waals surface area (Å²) in [6, 6.07) is 5.64. The summed E-state index contributed by atoms with van der Waals surface area (Å²) in [4.78, 5) is 0. The van der Waals surface area contributed by atoms with Crippen LogP contribution in [0.4, 0.5) is 0 Å². The second-order valence-corrected chi connectivity index (χ2v) is 4.74. The maximum absolute atomic E-state index is 9.82. The van der Waals surface area contributed by atoms with Crippen molar-refractivity contribution in [2.45, 2.75) is 52.1 Å². The maximum atomic E-state index is 9.82. The van der Waals surface area contributed by atoms with Crippen LogP contribution in [0.5, 0.6) is 11.5 Å². The number of unbranched alkanes of at least 4 members (excludes halogenated alkanes) is 3. The predicted molar refractivity (Wildman–Crippen MR) is 77.9 cm³/mol. The van der Waals surface area contributed by atoms with Crippen molar-refractivity contribution in [3.05, 3.63) is 23.8 Å². The fourth-order valence-electron chi connectivity index (χ4n) is 1.96. The minimum absolute atomic E-state index is 0.437. The van der Waals surface area contributed by atoms with Crippen LogP contribution in [0.1, 0.15) is 57.6 Å². The summed E-state index contributed by atoms with van der Waals surface area (Å²) in [6.45, 7) is 4.86. The van der Waals surface area contributed by atoms with E-state index in [1.807, 2.05) is 25.1 Å². The van der Waals surface area contributed by atoms with Gasteiger partial charge in [-0.15, -0.1) is 0 Å². The van der Waals surface area contributed by atoms with Gasteiger partial charge in [0.05, 0.1) is 19.8 Å². The summed E-state index contributed by atoms with van der Waals surface area (Å²) >= 11 is 0. The van der Waals surface area contributed by atoms with E-state index in [2.05, 4.69) is 6.92 Å². The van der Waals surface area contributed by atoms with Crippen molar-refractivity contribution in [3.63, 3.8) is 0 Å². The van der Waals surface area contributed by atoms with E-state index in [-0.39, 0.29) is 0 Å². The monoisotopic (exact) mass is 266 g/mol. The lowest BCUT2D eigenvalue weighted by Crippen LogP contribution is -2.01. The molecule has 0 aromatic heterocycles. The van der Waals surface area contributed by atoms with Crippen LogP contribution in [0.25, 0.3) is 0 Å². The van der Waals surface area contributed by atoms with Crippen LogP contribution < -0.4 is 9.47 Å². The van der Waals surface area contributed by atoms with E-state index in [1.165, 1.54) is 19.3 Å². The Morgan fingerprint density at radius 3 is 2.53 bits per heavy atom. The van der Waals surface area contributed by atoms with Gasteiger partial charge in [-0.25, -0.2) is 0 Å². The van der Waals surface area contributed by atoms with Gasteiger partial charge in [-0.2, -0.15) is 0 Å². The minimum atomic E-state index is -0.437. The van der Waals surface area contributed by atoms with Crippen molar-refractivity contribution in [1.29, 1.82) is 0 Å². The fraction of sp³-hybridized carbons (Fsp3) is 0.625. The molecular weight excluding hydrogens is 240 g/mol. The minimum Gasteiger partial charge on any atom is -0.493 e. The lowest BCUT2D eigenvalue weighted by Gasteiger charge is -2.14. The van der Waals surface area contributed by atoms with Crippen molar-refractivity contribution in [2.75, 3.05) is 13.7 Å². The second-order valence-electron chi connectivity index (χ2n) is 4.74. The molecule has 0 radical (unpaired) electrons. The lowest BCUT2D eigenvalue weighted by atomic mass is 10.1. The zero-order chi connectivity index (χ0) is 14.1. The normalized spacial score (nSPS) is 12.2. The summed E-state index contributed by atoms with van der Waals surface area (Å²) in [5, 5.41) is 9.82. The van der Waals surface area contributed by atoms with Gasteiger partial charge in [-0.1, -0.05) is 39.2 Å². The average Bonchev–Trinajstić information content (AvgIpc) is 2.46. The van der Waals surface area contributed by atoms with Crippen LogP contribution in [0, 0.1) is 0 Å². The van der Waals surface area contributed by atoms with Gasteiger partial charge in [0.2, 0.25) is 0 Å². The first-order chi connectivity index (χ1) is 9.22. The van der Waals surface area contributed by atoms with Gasteiger partial charge >= 0.3 is 0 Å². The molecule has 0 spiro atoms. The predicted octanol–water partition coefficient (Wildman–Crippen LogP) is 4.10. The zero-order valence-corrected chi connectivity index (χ0v) is 12.3. The Labute approximate surface area is 116 Å². The van der Waals surface area contributed by atoms with Crippen molar-refractivity contribution in [3.8, 4) is 11.5 Å². The van der Waals surface area contributed by atoms with Crippen LogP contribution in [0.3, 0.4) is 0 Å². The third-order valence-electron chi connectivity index (χ3n) is 3.21. The molecule has 1 aromatic carbocycles. The van der Waals surface area contributed by atoms with E-state index in [0.717, 1.165) is 17.7 Å². The van der Waals surface area contributed by atoms with Crippen molar-refractivity contribution in [2.24, 2.45) is 0 Å². The van der Waals surface area contributed by atoms with Crippen LogP contribution in [-0.2, 0) is 0 Å². The molecule has 0 bridgehead atoms. The Kier molecular flexibility index (Phi) is 7.34. The standard InChI is InChI=1S/C16H26O3/c1-4-6-7-8-11-19-15-10-9-13(14(17)5-2)12-16(15)18-3/h9-10,12,14,17H,4-8,11H2,1-3H3. The first kappa shape index (κ1) is 15.8. The zero-order valence-electron chi connectivity index (χ0n) is 12.3. The van der Waals surface area contributed by atoms with Crippen molar-refractivity contribution >= 4 is 0 Å². The van der Waals surface area contributed by atoms with E-state index in [1.54, 1.807) is 7.11 Å². The molecule has 1 rings (SSSR count). The quantitative estimate of drug-likeness (QED) is 0.684. The van der Waals surface area contributed by atoms with Gasteiger partial charge in [0, 0.05) is 0 Å². The number of aliphatic hydroxyl groups excluding tert-OH is 1. The molecule has 3 heteroatoms. The Bertz CT molecular complexity index is 363. The van der Waals surface area contributed by atoms with Gasteiger partial charge in [-0.05, 0) is 30.5 Å². The summed E-state index contributed by atoms with van der Waals surface area (Å²) < 4.78 is 11.1. The van der Waals surface area contributed by atoms with Crippen LogP contribution in [0.15, 0.2) is 18.2 Å². The topological polar surface area (TPSA) is 38.7 Å². The van der Waals surface area contributed by atoms with Crippen molar-refractivity contribution < 1.29 is 14.6 Å². The van der Waals surface area contributed by atoms with E-state index in [9.17, 15) is 5.11 Å². The van der Waals surface area contributed by atoms with Crippen LogP contribution >= 0.6 is 0 Å². The second kappa shape index (κ2) is 8.81. The Hall–Kier alpha value is -1.22. The summed E-state index contributed by atoms with van der Waals surface area (Å²) in [7, 11) is 1.63. The Balaban J connectivity index is 2.58. The Morgan fingerprint density at radius 2 is 1.89 bits per heavy atom. The summed E-state index contributed by atoms with van der Waals surface area (Å²) in [5.74, 6) is 1.45. The molecule has 0 fully saturated rings. The molecule has 1 aromatic rings. The molecule has 1 atom stereocenters. The highest BCUT2D eigenvalue weighted by atomic mass is 16.5. The average molecular weight is 266 g/mol. The molecular formula is C16H26O3. The van der Waals surface area contributed by atoms with Gasteiger partial charge in [0.25, 0.3) is 0 Å². The molecule has 19 heavy (non-hydrogen) atoms.